The molecule has 0 heterocycles. The van der Waals surface area contributed by atoms with E-state index in [2.05, 4.69) is 10.6 Å². The molecule has 0 fully saturated rings. The Balaban J connectivity index is 2.67. The number of hydrogen-bond donors (Lipinski definition) is 2. The normalized spacial score (nSPS) is 11.9. The van der Waals surface area contributed by atoms with Crippen LogP contribution in [0.3, 0.4) is 0 Å². The van der Waals surface area contributed by atoms with E-state index >= 15 is 0 Å². The maximum absolute atomic E-state index is 12.5. The van der Waals surface area contributed by atoms with Gasteiger partial charge >= 0.3 is 6.18 Å². The predicted octanol–water partition coefficient (Wildman–Crippen LogP) is 2.35. The van der Waals surface area contributed by atoms with Crippen LogP contribution in [0.25, 0.3) is 0 Å². The van der Waals surface area contributed by atoms with E-state index in [1.165, 1.54) is 6.07 Å². The van der Waals surface area contributed by atoms with Crippen molar-refractivity contribution in [3.8, 4) is 0 Å². The largest absolute Gasteiger partial charge is 0.416 e. The third-order valence-electron chi connectivity index (χ3n) is 2.38. The Labute approximate surface area is 120 Å². The number of hydrogen-bond acceptors (Lipinski definition) is 2. The van der Waals surface area contributed by atoms with Crippen molar-refractivity contribution in [1.29, 1.82) is 0 Å². The summed E-state index contributed by atoms with van der Waals surface area (Å²) in [5, 5.41) is 4.91. The van der Waals surface area contributed by atoms with Crippen LogP contribution in [0.5, 0.6) is 0 Å². The van der Waals surface area contributed by atoms with Crippen molar-refractivity contribution in [2.45, 2.75) is 32.5 Å². The molecular formula is C14H17F3N2O2. The van der Waals surface area contributed by atoms with Gasteiger partial charge < -0.3 is 10.6 Å². The zero-order valence-electron chi connectivity index (χ0n) is 12.0. The fraction of sp³-hybridized carbons (Fsp3) is 0.429. The van der Waals surface area contributed by atoms with Crippen LogP contribution in [0.1, 0.15) is 36.7 Å². The molecule has 0 aliphatic heterocycles. The molecule has 0 unspecified atom stereocenters. The molecule has 1 aromatic carbocycles. The summed E-state index contributed by atoms with van der Waals surface area (Å²) >= 11 is 0. The minimum absolute atomic E-state index is 0.145. The zero-order chi connectivity index (χ0) is 16.3. The Bertz CT molecular complexity index is 534. The second kappa shape index (κ2) is 6.15. The molecule has 0 saturated carbocycles. The van der Waals surface area contributed by atoms with Gasteiger partial charge in [-0.15, -0.1) is 0 Å². The molecule has 2 N–H and O–H groups in total. The number of alkyl halides is 3. The van der Waals surface area contributed by atoms with Gasteiger partial charge in [-0.1, -0.05) is 6.07 Å². The van der Waals surface area contributed by atoms with Crippen LogP contribution in [0, 0.1) is 0 Å². The van der Waals surface area contributed by atoms with Gasteiger partial charge in [-0.05, 0) is 39.0 Å². The molecule has 21 heavy (non-hydrogen) atoms. The number of halogens is 3. The standard InChI is InChI=1S/C14H17F3N2O2/c1-13(2,3)19-11(20)8-18-12(21)9-5-4-6-10(7-9)14(15,16)17/h4-7H,8H2,1-3H3,(H,18,21)(H,19,20). The molecule has 0 spiro atoms. The number of carbonyl (C=O) groups excluding carboxylic acids is 2. The molecule has 7 heteroatoms. The Morgan fingerprint density at radius 2 is 1.76 bits per heavy atom. The van der Waals surface area contributed by atoms with Crippen molar-refractivity contribution in [1.82, 2.24) is 10.6 Å². The zero-order valence-corrected chi connectivity index (χ0v) is 12.0. The lowest BCUT2D eigenvalue weighted by molar-refractivity contribution is -0.137. The van der Waals surface area contributed by atoms with E-state index in [0.29, 0.717) is 0 Å². The van der Waals surface area contributed by atoms with E-state index in [1.54, 1.807) is 20.8 Å². The first-order chi connectivity index (χ1) is 9.49. The summed E-state index contributed by atoms with van der Waals surface area (Å²) in [6.07, 6.45) is -4.51. The summed E-state index contributed by atoms with van der Waals surface area (Å²) in [6, 6.07) is 4.03. The monoisotopic (exact) mass is 302 g/mol. The van der Waals surface area contributed by atoms with E-state index in [0.717, 1.165) is 18.2 Å². The Morgan fingerprint density at radius 3 is 2.29 bits per heavy atom. The minimum Gasteiger partial charge on any atom is -0.350 e. The fourth-order valence-corrected chi connectivity index (χ4v) is 1.56. The van der Waals surface area contributed by atoms with Gasteiger partial charge in [0.15, 0.2) is 0 Å². The van der Waals surface area contributed by atoms with Crippen LogP contribution < -0.4 is 10.6 Å². The van der Waals surface area contributed by atoms with Crippen LogP contribution >= 0.6 is 0 Å². The summed E-state index contributed by atoms with van der Waals surface area (Å²) < 4.78 is 37.6. The van der Waals surface area contributed by atoms with Gasteiger partial charge in [0.05, 0.1) is 12.1 Å². The van der Waals surface area contributed by atoms with Crippen molar-refractivity contribution >= 4 is 11.8 Å². The van der Waals surface area contributed by atoms with Crippen molar-refractivity contribution in [3.63, 3.8) is 0 Å². The number of carbonyl (C=O) groups is 2. The lowest BCUT2D eigenvalue weighted by Crippen LogP contribution is -2.45. The summed E-state index contributed by atoms with van der Waals surface area (Å²) in [7, 11) is 0. The molecule has 0 radical (unpaired) electrons. The molecule has 116 valence electrons. The quantitative estimate of drug-likeness (QED) is 0.900. The average Bonchev–Trinajstić information content (AvgIpc) is 2.33. The predicted molar refractivity (Wildman–Crippen MR) is 71.7 cm³/mol. The van der Waals surface area contributed by atoms with Gasteiger partial charge in [0.1, 0.15) is 0 Å². The van der Waals surface area contributed by atoms with E-state index < -0.39 is 29.1 Å². The Kier molecular flexibility index (Phi) is 4.98. The van der Waals surface area contributed by atoms with Gasteiger partial charge in [-0.25, -0.2) is 0 Å². The fourth-order valence-electron chi connectivity index (χ4n) is 1.56. The molecule has 0 saturated heterocycles. The highest BCUT2D eigenvalue weighted by molar-refractivity contribution is 5.96. The molecule has 1 aromatic rings. The second-order valence-corrected chi connectivity index (χ2v) is 5.56. The molecular weight excluding hydrogens is 285 g/mol. The van der Waals surface area contributed by atoms with Crippen molar-refractivity contribution in [3.05, 3.63) is 35.4 Å². The van der Waals surface area contributed by atoms with Gasteiger partial charge in [0, 0.05) is 11.1 Å². The topological polar surface area (TPSA) is 58.2 Å². The van der Waals surface area contributed by atoms with Crippen molar-refractivity contribution in [2.24, 2.45) is 0 Å². The number of rotatable bonds is 3. The number of nitrogens with one attached hydrogen (secondary N) is 2. The second-order valence-electron chi connectivity index (χ2n) is 5.56. The van der Waals surface area contributed by atoms with Gasteiger partial charge in [0.2, 0.25) is 5.91 Å². The van der Waals surface area contributed by atoms with Crippen LogP contribution in [-0.4, -0.2) is 23.9 Å². The van der Waals surface area contributed by atoms with Crippen molar-refractivity contribution < 1.29 is 22.8 Å². The van der Waals surface area contributed by atoms with E-state index in [-0.39, 0.29) is 12.1 Å². The molecule has 2 amide bonds. The molecule has 0 aliphatic carbocycles. The van der Waals surface area contributed by atoms with Gasteiger partial charge in [0.25, 0.3) is 5.91 Å². The first kappa shape index (κ1) is 17.0. The highest BCUT2D eigenvalue weighted by Gasteiger charge is 2.30. The third kappa shape index (κ3) is 5.85. The summed E-state index contributed by atoms with van der Waals surface area (Å²) in [5.41, 5.74) is -1.50. The van der Waals surface area contributed by atoms with E-state index in [1.807, 2.05) is 0 Å². The molecule has 0 bridgehead atoms. The van der Waals surface area contributed by atoms with Gasteiger partial charge in [-0.2, -0.15) is 13.2 Å². The van der Waals surface area contributed by atoms with E-state index in [4.69, 9.17) is 0 Å². The highest BCUT2D eigenvalue weighted by atomic mass is 19.4. The lowest BCUT2D eigenvalue weighted by Gasteiger charge is -2.20. The third-order valence-corrected chi connectivity index (χ3v) is 2.38. The SMILES string of the molecule is CC(C)(C)NC(=O)CNC(=O)c1cccc(C(F)(F)F)c1. The number of benzene rings is 1. The molecule has 0 aromatic heterocycles. The van der Waals surface area contributed by atoms with Crippen LogP contribution in [0.4, 0.5) is 13.2 Å². The maximum Gasteiger partial charge on any atom is 0.416 e. The van der Waals surface area contributed by atoms with Crippen LogP contribution in [0.15, 0.2) is 24.3 Å². The highest BCUT2D eigenvalue weighted by Crippen LogP contribution is 2.29. The van der Waals surface area contributed by atoms with Crippen LogP contribution in [0.2, 0.25) is 0 Å². The Morgan fingerprint density at radius 1 is 1.14 bits per heavy atom. The summed E-state index contributed by atoms with van der Waals surface area (Å²) in [5.74, 6) is -1.15. The Hall–Kier alpha value is -2.05. The molecule has 1 rings (SSSR count). The lowest BCUT2D eigenvalue weighted by atomic mass is 10.1. The first-order valence-corrected chi connectivity index (χ1v) is 6.25. The summed E-state index contributed by atoms with van der Waals surface area (Å²) in [4.78, 5) is 23.3. The average molecular weight is 302 g/mol. The molecule has 4 nitrogen and oxygen atoms in total. The smallest absolute Gasteiger partial charge is 0.350 e. The van der Waals surface area contributed by atoms with E-state index in [9.17, 15) is 22.8 Å². The number of amides is 2. The van der Waals surface area contributed by atoms with Gasteiger partial charge in [-0.3, -0.25) is 9.59 Å². The summed E-state index contributed by atoms with van der Waals surface area (Å²) in [6.45, 7) is 5.03. The van der Waals surface area contributed by atoms with Crippen LogP contribution in [-0.2, 0) is 11.0 Å². The molecule has 0 aliphatic rings. The minimum atomic E-state index is -4.51. The maximum atomic E-state index is 12.5. The molecule has 0 atom stereocenters. The van der Waals surface area contributed by atoms with Crippen molar-refractivity contribution in [2.75, 3.05) is 6.54 Å². The first-order valence-electron chi connectivity index (χ1n) is 6.25.